The van der Waals surface area contributed by atoms with Gasteiger partial charge in [0.05, 0.1) is 0 Å². The topological polar surface area (TPSA) is 49.8 Å². The van der Waals surface area contributed by atoms with Gasteiger partial charge >= 0.3 is 0 Å². The van der Waals surface area contributed by atoms with Crippen LogP contribution in [0.4, 0.5) is 17.3 Å². The highest BCUT2D eigenvalue weighted by Crippen LogP contribution is 2.14. The average Bonchev–Trinajstić information content (AvgIpc) is 2.56. The van der Waals surface area contributed by atoms with Crippen molar-refractivity contribution in [1.29, 1.82) is 0 Å². The van der Waals surface area contributed by atoms with E-state index in [4.69, 9.17) is 0 Å². The Bertz CT molecular complexity index is 666. The van der Waals surface area contributed by atoms with E-state index in [1.807, 2.05) is 60.7 Å². The van der Waals surface area contributed by atoms with Gasteiger partial charge in [0.25, 0.3) is 0 Å². The Balaban J connectivity index is 1.59. The van der Waals surface area contributed by atoms with Crippen LogP contribution in [0.3, 0.4) is 0 Å². The largest absolute Gasteiger partial charge is 0.365 e. The zero-order chi connectivity index (χ0) is 14.3. The van der Waals surface area contributed by atoms with Crippen LogP contribution in [0.1, 0.15) is 5.56 Å². The van der Waals surface area contributed by atoms with E-state index in [0.717, 1.165) is 23.9 Å². The summed E-state index contributed by atoms with van der Waals surface area (Å²) in [7, 11) is 0. The lowest BCUT2D eigenvalue weighted by Crippen LogP contribution is -2.03. The number of rotatable bonds is 5. The molecule has 104 valence electrons. The molecular formula is C17H16N4. The number of nitrogens with one attached hydrogen (secondary N) is 2. The molecule has 4 nitrogen and oxygen atoms in total. The predicted molar refractivity (Wildman–Crippen MR) is 85.5 cm³/mol. The van der Waals surface area contributed by atoms with Crippen LogP contribution < -0.4 is 10.6 Å². The van der Waals surface area contributed by atoms with Gasteiger partial charge in [-0.25, -0.2) is 0 Å². The Kier molecular flexibility index (Phi) is 4.07. The van der Waals surface area contributed by atoms with Crippen molar-refractivity contribution >= 4 is 17.3 Å². The van der Waals surface area contributed by atoms with Gasteiger partial charge in [0, 0.05) is 12.2 Å². The number of para-hydroxylation sites is 1. The summed E-state index contributed by atoms with van der Waals surface area (Å²) < 4.78 is 0. The first kappa shape index (κ1) is 13.1. The minimum atomic E-state index is 0.728. The summed E-state index contributed by atoms with van der Waals surface area (Å²) >= 11 is 0. The Morgan fingerprint density at radius 2 is 1.29 bits per heavy atom. The minimum absolute atomic E-state index is 0.728. The standard InChI is InChI=1S/C17H16N4/c1-3-7-14(8-4-1)13-18-16-11-12-17(21-20-16)19-15-9-5-2-6-10-15/h1-12H,13H2,(H,18,20)(H,19,21). The maximum atomic E-state index is 4.17. The molecule has 0 saturated carbocycles. The summed E-state index contributed by atoms with van der Waals surface area (Å²) in [4.78, 5) is 0. The number of hydrogen-bond donors (Lipinski definition) is 2. The molecule has 1 heterocycles. The molecule has 3 aromatic rings. The van der Waals surface area contributed by atoms with Gasteiger partial charge in [0.15, 0.2) is 5.82 Å². The molecule has 0 aliphatic heterocycles. The van der Waals surface area contributed by atoms with E-state index < -0.39 is 0 Å². The van der Waals surface area contributed by atoms with Crippen molar-refractivity contribution in [2.24, 2.45) is 0 Å². The van der Waals surface area contributed by atoms with Crippen LogP contribution in [0.5, 0.6) is 0 Å². The number of anilines is 3. The van der Waals surface area contributed by atoms with Gasteiger partial charge in [-0.3, -0.25) is 0 Å². The van der Waals surface area contributed by atoms with E-state index in [1.54, 1.807) is 0 Å². The summed E-state index contributed by atoms with van der Waals surface area (Å²) in [5.74, 6) is 1.49. The number of aromatic nitrogens is 2. The van der Waals surface area contributed by atoms with Gasteiger partial charge in [0.2, 0.25) is 0 Å². The highest BCUT2D eigenvalue weighted by molar-refractivity contribution is 5.56. The summed E-state index contributed by atoms with van der Waals surface area (Å²) in [6.07, 6.45) is 0. The third kappa shape index (κ3) is 3.79. The molecule has 0 amide bonds. The van der Waals surface area contributed by atoms with Crippen molar-refractivity contribution in [1.82, 2.24) is 10.2 Å². The second-order valence-corrected chi connectivity index (χ2v) is 4.63. The van der Waals surface area contributed by atoms with Crippen LogP contribution in [0.25, 0.3) is 0 Å². The van der Waals surface area contributed by atoms with Crippen LogP contribution in [-0.2, 0) is 6.54 Å². The Morgan fingerprint density at radius 3 is 1.95 bits per heavy atom. The third-order valence-corrected chi connectivity index (χ3v) is 3.03. The number of benzene rings is 2. The van der Waals surface area contributed by atoms with Crippen molar-refractivity contribution in [3.8, 4) is 0 Å². The quantitative estimate of drug-likeness (QED) is 0.743. The van der Waals surface area contributed by atoms with Gasteiger partial charge in [-0.05, 0) is 29.8 Å². The first-order valence-corrected chi connectivity index (χ1v) is 6.84. The Hall–Kier alpha value is -2.88. The highest BCUT2D eigenvalue weighted by atomic mass is 15.2. The van der Waals surface area contributed by atoms with Crippen LogP contribution in [0.15, 0.2) is 72.8 Å². The van der Waals surface area contributed by atoms with Crippen LogP contribution in [-0.4, -0.2) is 10.2 Å². The van der Waals surface area contributed by atoms with Gasteiger partial charge in [-0.15, -0.1) is 10.2 Å². The lowest BCUT2D eigenvalue weighted by atomic mass is 10.2. The molecule has 0 unspecified atom stereocenters. The highest BCUT2D eigenvalue weighted by Gasteiger charge is 1.98. The second-order valence-electron chi connectivity index (χ2n) is 4.63. The molecule has 1 aromatic heterocycles. The molecule has 0 radical (unpaired) electrons. The summed E-state index contributed by atoms with van der Waals surface area (Å²) in [6.45, 7) is 0.737. The van der Waals surface area contributed by atoms with Crippen molar-refractivity contribution in [2.45, 2.75) is 6.54 Å². The lowest BCUT2D eigenvalue weighted by Gasteiger charge is -2.07. The third-order valence-electron chi connectivity index (χ3n) is 3.03. The molecule has 0 aliphatic carbocycles. The molecule has 0 spiro atoms. The Morgan fingerprint density at radius 1 is 0.667 bits per heavy atom. The van der Waals surface area contributed by atoms with E-state index in [-0.39, 0.29) is 0 Å². The number of hydrogen-bond acceptors (Lipinski definition) is 4. The Labute approximate surface area is 123 Å². The van der Waals surface area contributed by atoms with E-state index in [0.29, 0.717) is 0 Å². The van der Waals surface area contributed by atoms with Crippen molar-refractivity contribution < 1.29 is 0 Å². The van der Waals surface area contributed by atoms with Gasteiger partial charge in [0.1, 0.15) is 5.82 Å². The summed E-state index contributed by atoms with van der Waals surface area (Å²) in [6, 6.07) is 23.9. The van der Waals surface area contributed by atoms with E-state index >= 15 is 0 Å². The fraction of sp³-hybridized carbons (Fsp3) is 0.0588. The molecule has 0 atom stereocenters. The molecule has 4 heteroatoms. The van der Waals surface area contributed by atoms with Gasteiger partial charge in [-0.2, -0.15) is 0 Å². The molecule has 0 saturated heterocycles. The number of nitrogens with zero attached hydrogens (tertiary/aromatic N) is 2. The van der Waals surface area contributed by atoms with E-state index in [1.165, 1.54) is 5.56 Å². The van der Waals surface area contributed by atoms with Gasteiger partial charge < -0.3 is 10.6 Å². The van der Waals surface area contributed by atoms with Crippen molar-refractivity contribution in [3.63, 3.8) is 0 Å². The van der Waals surface area contributed by atoms with Crippen LogP contribution in [0.2, 0.25) is 0 Å². The molecular weight excluding hydrogens is 260 g/mol. The minimum Gasteiger partial charge on any atom is -0.365 e. The van der Waals surface area contributed by atoms with E-state index in [9.17, 15) is 0 Å². The molecule has 0 fully saturated rings. The maximum Gasteiger partial charge on any atom is 0.153 e. The lowest BCUT2D eigenvalue weighted by molar-refractivity contribution is 1.00. The van der Waals surface area contributed by atoms with Crippen molar-refractivity contribution in [2.75, 3.05) is 10.6 Å². The maximum absolute atomic E-state index is 4.17. The zero-order valence-electron chi connectivity index (χ0n) is 11.5. The molecule has 3 rings (SSSR count). The fourth-order valence-corrected chi connectivity index (χ4v) is 1.95. The molecule has 21 heavy (non-hydrogen) atoms. The summed E-state index contributed by atoms with van der Waals surface area (Å²) in [5, 5.41) is 14.8. The van der Waals surface area contributed by atoms with E-state index in [2.05, 4.69) is 33.0 Å². The first-order chi connectivity index (χ1) is 10.4. The van der Waals surface area contributed by atoms with Crippen LogP contribution >= 0.6 is 0 Å². The molecule has 2 aromatic carbocycles. The SMILES string of the molecule is c1ccc(CNc2ccc(Nc3ccccc3)nn2)cc1. The zero-order valence-corrected chi connectivity index (χ0v) is 11.5. The monoisotopic (exact) mass is 276 g/mol. The second kappa shape index (κ2) is 6.52. The van der Waals surface area contributed by atoms with Crippen molar-refractivity contribution in [3.05, 3.63) is 78.4 Å². The predicted octanol–water partition coefficient (Wildman–Crippen LogP) is 3.83. The van der Waals surface area contributed by atoms with Crippen LogP contribution in [0, 0.1) is 0 Å². The molecule has 2 N–H and O–H groups in total. The molecule has 0 bridgehead atoms. The normalized spacial score (nSPS) is 10.1. The fourth-order valence-electron chi connectivity index (χ4n) is 1.95. The smallest absolute Gasteiger partial charge is 0.153 e. The first-order valence-electron chi connectivity index (χ1n) is 6.84. The summed E-state index contributed by atoms with van der Waals surface area (Å²) in [5.41, 5.74) is 2.21. The molecule has 0 aliphatic rings. The average molecular weight is 276 g/mol. The van der Waals surface area contributed by atoms with Gasteiger partial charge in [-0.1, -0.05) is 48.5 Å².